The highest BCUT2D eigenvalue weighted by molar-refractivity contribution is 5.77. The maximum Gasteiger partial charge on any atom is 0.221 e. The summed E-state index contributed by atoms with van der Waals surface area (Å²) >= 11 is 0. The molecule has 0 bridgehead atoms. The molecule has 0 aromatic rings. The van der Waals surface area contributed by atoms with Gasteiger partial charge < -0.3 is 5.32 Å². The van der Waals surface area contributed by atoms with Crippen LogP contribution in [0.25, 0.3) is 0 Å². The summed E-state index contributed by atoms with van der Waals surface area (Å²) in [5, 5.41) is 2.85. The first-order chi connectivity index (χ1) is 5.86. The Balaban J connectivity index is 1.90. The van der Waals surface area contributed by atoms with E-state index in [1.807, 2.05) is 0 Å². The van der Waals surface area contributed by atoms with Gasteiger partial charge in [-0.1, -0.05) is 12.2 Å². The van der Waals surface area contributed by atoms with Gasteiger partial charge in [-0.15, -0.1) is 0 Å². The Morgan fingerprint density at radius 2 is 2.17 bits per heavy atom. The monoisotopic (exact) mass is 166 g/mol. The number of hydrogen-bond donors (Lipinski definition) is 1. The second kappa shape index (κ2) is 3.27. The van der Waals surface area contributed by atoms with E-state index in [0.29, 0.717) is 12.5 Å². The molecule has 1 fully saturated rings. The highest BCUT2D eigenvalue weighted by Gasteiger charge is 2.24. The molecule has 2 aliphatic rings. The van der Waals surface area contributed by atoms with E-state index < -0.39 is 0 Å². The molecular weight excluding hydrogens is 152 g/mol. The van der Waals surface area contributed by atoms with Gasteiger partial charge in [-0.25, -0.2) is 0 Å². The van der Waals surface area contributed by atoms with Crippen LogP contribution in [-0.4, -0.2) is 36.5 Å². The van der Waals surface area contributed by atoms with Gasteiger partial charge in [-0.05, 0) is 6.42 Å². The minimum Gasteiger partial charge on any atom is -0.356 e. The molecule has 3 nitrogen and oxygen atoms in total. The average Bonchev–Trinajstić information content (AvgIpc) is 2.56. The molecule has 1 atom stereocenters. The number of rotatable bonds is 1. The largest absolute Gasteiger partial charge is 0.356 e. The molecule has 0 aliphatic carbocycles. The van der Waals surface area contributed by atoms with Gasteiger partial charge in [-0.3, -0.25) is 9.69 Å². The number of nitrogens with one attached hydrogen (secondary N) is 1. The Bertz CT molecular complexity index is 205. The van der Waals surface area contributed by atoms with Crippen LogP contribution in [0.2, 0.25) is 0 Å². The Morgan fingerprint density at radius 3 is 2.83 bits per heavy atom. The summed E-state index contributed by atoms with van der Waals surface area (Å²) in [7, 11) is 0. The summed E-state index contributed by atoms with van der Waals surface area (Å²) in [6.07, 6.45) is 6.13. The van der Waals surface area contributed by atoms with Crippen molar-refractivity contribution >= 4 is 5.91 Å². The van der Waals surface area contributed by atoms with Crippen LogP contribution in [0.1, 0.15) is 12.8 Å². The van der Waals surface area contributed by atoms with Crippen molar-refractivity contribution < 1.29 is 4.79 Å². The van der Waals surface area contributed by atoms with Crippen molar-refractivity contribution in [2.75, 3.05) is 19.6 Å². The van der Waals surface area contributed by atoms with Crippen LogP contribution >= 0.6 is 0 Å². The van der Waals surface area contributed by atoms with E-state index in [1.54, 1.807) is 0 Å². The zero-order valence-electron chi connectivity index (χ0n) is 7.12. The molecule has 1 saturated heterocycles. The Labute approximate surface area is 72.4 Å². The first-order valence-electron chi connectivity index (χ1n) is 4.52. The summed E-state index contributed by atoms with van der Waals surface area (Å²) < 4.78 is 0. The van der Waals surface area contributed by atoms with E-state index in [0.717, 1.165) is 26.1 Å². The van der Waals surface area contributed by atoms with Crippen LogP contribution in [-0.2, 0) is 4.79 Å². The highest BCUT2D eigenvalue weighted by atomic mass is 16.1. The molecule has 1 unspecified atom stereocenters. The van der Waals surface area contributed by atoms with Crippen LogP contribution in [0.15, 0.2) is 12.2 Å². The molecule has 12 heavy (non-hydrogen) atoms. The van der Waals surface area contributed by atoms with E-state index in [1.165, 1.54) is 0 Å². The van der Waals surface area contributed by atoms with Crippen molar-refractivity contribution in [1.29, 1.82) is 0 Å². The Morgan fingerprint density at radius 1 is 1.42 bits per heavy atom. The van der Waals surface area contributed by atoms with E-state index >= 15 is 0 Å². The number of amides is 1. The Hall–Kier alpha value is -0.830. The number of hydrogen-bond acceptors (Lipinski definition) is 2. The van der Waals surface area contributed by atoms with Crippen LogP contribution in [0.5, 0.6) is 0 Å². The fraction of sp³-hybridized carbons (Fsp3) is 0.667. The lowest BCUT2D eigenvalue weighted by Gasteiger charge is -2.30. The van der Waals surface area contributed by atoms with Gasteiger partial charge in [-0.2, -0.15) is 0 Å². The summed E-state index contributed by atoms with van der Waals surface area (Å²) in [5.74, 6) is 0.207. The summed E-state index contributed by atoms with van der Waals surface area (Å²) in [4.78, 5) is 13.4. The van der Waals surface area contributed by atoms with Crippen LogP contribution in [0.3, 0.4) is 0 Å². The zero-order valence-corrected chi connectivity index (χ0v) is 7.12. The van der Waals surface area contributed by atoms with Crippen molar-refractivity contribution in [3.8, 4) is 0 Å². The van der Waals surface area contributed by atoms with Crippen molar-refractivity contribution in [2.24, 2.45) is 0 Å². The molecular formula is C9H14N2O. The predicted molar refractivity (Wildman–Crippen MR) is 46.7 cm³/mol. The third-order valence-electron chi connectivity index (χ3n) is 2.58. The van der Waals surface area contributed by atoms with Gasteiger partial charge in [0.15, 0.2) is 0 Å². The first kappa shape index (κ1) is 7.80. The minimum absolute atomic E-state index is 0.207. The number of nitrogens with zero attached hydrogens (tertiary/aromatic N) is 1. The quantitative estimate of drug-likeness (QED) is 0.562. The lowest BCUT2D eigenvalue weighted by molar-refractivity contribution is -0.123. The fourth-order valence-corrected chi connectivity index (χ4v) is 1.87. The first-order valence-corrected chi connectivity index (χ1v) is 4.52. The molecule has 2 heterocycles. The molecule has 2 rings (SSSR count). The van der Waals surface area contributed by atoms with Crippen molar-refractivity contribution in [3.63, 3.8) is 0 Å². The van der Waals surface area contributed by atoms with Gasteiger partial charge in [0.05, 0.1) is 0 Å². The van der Waals surface area contributed by atoms with Crippen LogP contribution < -0.4 is 5.32 Å². The molecule has 1 N–H and O–H groups in total. The molecule has 0 aromatic heterocycles. The zero-order chi connectivity index (χ0) is 8.39. The lowest BCUT2D eigenvalue weighted by Crippen LogP contribution is -2.44. The molecule has 0 saturated carbocycles. The SMILES string of the molecule is O=C1CC(N2CC=CC2)CCN1. The van der Waals surface area contributed by atoms with Crippen molar-refractivity contribution in [2.45, 2.75) is 18.9 Å². The maximum atomic E-state index is 11.1. The topological polar surface area (TPSA) is 32.3 Å². The summed E-state index contributed by atoms with van der Waals surface area (Å²) in [6, 6.07) is 0.480. The van der Waals surface area contributed by atoms with Gasteiger partial charge in [0.2, 0.25) is 5.91 Å². The van der Waals surface area contributed by atoms with Gasteiger partial charge >= 0.3 is 0 Å². The highest BCUT2D eigenvalue weighted by Crippen LogP contribution is 2.14. The minimum atomic E-state index is 0.207. The third-order valence-corrected chi connectivity index (χ3v) is 2.58. The molecule has 0 spiro atoms. The van der Waals surface area contributed by atoms with E-state index in [4.69, 9.17) is 0 Å². The van der Waals surface area contributed by atoms with Gasteiger partial charge in [0.1, 0.15) is 0 Å². The van der Waals surface area contributed by atoms with Crippen LogP contribution in [0, 0.1) is 0 Å². The lowest BCUT2D eigenvalue weighted by atomic mass is 10.0. The predicted octanol–water partition coefficient (Wildman–Crippen LogP) is 0.137. The van der Waals surface area contributed by atoms with Crippen molar-refractivity contribution in [1.82, 2.24) is 10.2 Å². The fourth-order valence-electron chi connectivity index (χ4n) is 1.87. The third kappa shape index (κ3) is 1.50. The summed E-state index contributed by atoms with van der Waals surface area (Å²) in [5.41, 5.74) is 0. The molecule has 66 valence electrons. The van der Waals surface area contributed by atoms with Gasteiger partial charge in [0, 0.05) is 32.1 Å². The molecule has 1 amide bonds. The molecule has 3 heteroatoms. The van der Waals surface area contributed by atoms with E-state index in [-0.39, 0.29) is 5.91 Å². The maximum absolute atomic E-state index is 11.1. The molecule has 0 aromatic carbocycles. The Kier molecular flexibility index (Phi) is 2.13. The number of carbonyl (C=O) groups excluding carboxylic acids is 1. The average molecular weight is 166 g/mol. The number of piperidine rings is 1. The summed E-state index contributed by atoms with van der Waals surface area (Å²) in [6.45, 7) is 2.90. The smallest absolute Gasteiger partial charge is 0.221 e. The normalized spacial score (nSPS) is 30.7. The standard InChI is InChI=1S/C9H14N2O/c12-9-7-8(3-4-10-9)11-5-1-2-6-11/h1-2,8H,3-7H2,(H,10,12). The van der Waals surface area contributed by atoms with E-state index in [2.05, 4.69) is 22.4 Å². The van der Waals surface area contributed by atoms with Crippen molar-refractivity contribution in [3.05, 3.63) is 12.2 Å². The molecule has 2 aliphatic heterocycles. The van der Waals surface area contributed by atoms with Gasteiger partial charge in [0.25, 0.3) is 0 Å². The van der Waals surface area contributed by atoms with Crippen LogP contribution in [0.4, 0.5) is 0 Å². The number of carbonyl (C=O) groups is 1. The van der Waals surface area contributed by atoms with E-state index in [9.17, 15) is 4.79 Å². The second-order valence-electron chi connectivity index (χ2n) is 3.42. The molecule has 0 radical (unpaired) electrons. The second-order valence-corrected chi connectivity index (χ2v) is 3.42.